The quantitative estimate of drug-likeness (QED) is 0.138. The Morgan fingerprint density at radius 3 is 1.71 bits per heavy atom. The van der Waals surface area contributed by atoms with Gasteiger partial charge in [-0.2, -0.15) is 0 Å². The minimum absolute atomic E-state index is 0. The third kappa shape index (κ3) is 20.2. The van der Waals surface area contributed by atoms with E-state index in [1.165, 1.54) is 26.8 Å². The Hall–Kier alpha value is 0.815. The van der Waals surface area contributed by atoms with E-state index in [0.29, 0.717) is 0 Å². The molecule has 1 saturated heterocycles. The zero-order valence-electron chi connectivity index (χ0n) is 25.0. The molecular weight excluding hydrogens is 805 g/mol. The van der Waals surface area contributed by atoms with Gasteiger partial charge in [-0.05, 0) is 17.7 Å². The van der Waals surface area contributed by atoms with E-state index in [9.17, 15) is 57.6 Å². The average molecular weight is 838 g/mol. The van der Waals surface area contributed by atoms with Crippen LogP contribution in [-0.2, 0) is 24.2 Å². The summed E-state index contributed by atoms with van der Waals surface area (Å²) in [5.74, 6) is -4.35. The van der Waals surface area contributed by atoms with E-state index in [-0.39, 0.29) is 168 Å². The molecule has 0 saturated carbocycles. The van der Waals surface area contributed by atoms with Crippen molar-refractivity contribution in [2.75, 3.05) is 84.8 Å². The molecule has 0 amide bonds. The van der Waals surface area contributed by atoms with Crippen molar-refractivity contribution in [3.8, 4) is 0 Å². The first-order chi connectivity index (χ1) is 19.5. The minimum atomic E-state index is -4.96. The summed E-state index contributed by atoms with van der Waals surface area (Å²) in [5, 5.41) is 44.2. The van der Waals surface area contributed by atoms with Gasteiger partial charge in [0.1, 0.15) is 0 Å². The van der Waals surface area contributed by atoms with E-state index in [2.05, 4.69) is 4.72 Å². The number of aromatic carboxylic acids is 1. The second-order valence-corrected chi connectivity index (χ2v) is 13.1. The number of carbonyl (C=O) groups excluding carboxylic acids is 3. The molecule has 1 aromatic carbocycles. The smallest absolute Gasteiger partial charge is 0.810 e. The number of aliphatic hydroxyl groups excluding tert-OH is 1. The maximum atomic E-state index is 12.6. The molecule has 1 aliphatic rings. The van der Waals surface area contributed by atoms with Crippen molar-refractivity contribution in [2.24, 2.45) is 0 Å². The molecule has 0 bridgehead atoms. The van der Waals surface area contributed by atoms with E-state index in [1.54, 1.807) is 4.90 Å². The molecule has 1 aliphatic heterocycles. The third-order valence-electron chi connectivity index (χ3n) is 6.37. The number of benzene rings is 1. The minimum Gasteiger partial charge on any atom is -0.810 e. The van der Waals surface area contributed by atoms with E-state index < -0.39 is 67.6 Å². The number of aliphatic hydroxyl groups is 1. The molecule has 1 aromatic rings. The number of hydrogen-bond donors (Lipinski definition) is 2. The average Bonchev–Trinajstić information content (AvgIpc) is 2.87. The van der Waals surface area contributed by atoms with Crippen LogP contribution in [0.4, 0.5) is 0 Å². The number of carbonyl (C=O) groups is 3. The maximum absolute atomic E-state index is 12.6. The summed E-state index contributed by atoms with van der Waals surface area (Å²) >= 11 is 0. The number of nitrogens with one attached hydrogen (secondary N) is 1. The van der Waals surface area contributed by atoms with Gasteiger partial charge in [0.15, 0.2) is 0 Å². The van der Waals surface area contributed by atoms with E-state index in [0.717, 1.165) is 12.1 Å². The second kappa shape index (κ2) is 23.3. The first-order valence-electron chi connectivity index (χ1n) is 12.8. The van der Waals surface area contributed by atoms with Crippen LogP contribution in [-0.4, -0.2) is 142 Å². The van der Waals surface area contributed by atoms with Crippen molar-refractivity contribution in [2.45, 2.75) is 11.0 Å². The second-order valence-electron chi connectivity index (χ2n) is 9.79. The fraction of sp³-hybridized carbons (Fsp3) is 0.609. The molecule has 2 N–H and O–H groups in total. The molecule has 0 spiro atoms. The van der Waals surface area contributed by atoms with Gasteiger partial charge in [0, 0.05) is 84.8 Å². The van der Waals surface area contributed by atoms with Crippen LogP contribution >= 0.6 is 7.60 Å². The Morgan fingerprint density at radius 1 is 0.844 bits per heavy atom. The van der Waals surface area contributed by atoms with Gasteiger partial charge >= 0.3 is 99.1 Å². The molecule has 1 fully saturated rings. The van der Waals surface area contributed by atoms with Crippen molar-refractivity contribution in [3.05, 3.63) is 29.8 Å². The third-order valence-corrected chi connectivity index (χ3v) is 8.53. The van der Waals surface area contributed by atoms with E-state index in [1.807, 2.05) is 0 Å². The molecular formula is C23H33GdN5Na2O12PS. The van der Waals surface area contributed by atoms with Gasteiger partial charge in [-0.25, -0.2) is 13.1 Å². The maximum Gasteiger partial charge on any atom is 3.00 e. The molecule has 1 radical (unpaired) electrons. The van der Waals surface area contributed by atoms with E-state index >= 15 is 0 Å². The largest absolute Gasteiger partial charge is 3.00 e. The van der Waals surface area contributed by atoms with Crippen molar-refractivity contribution >= 4 is 35.5 Å². The number of rotatable bonds is 13. The van der Waals surface area contributed by atoms with Crippen LogP contribution in [0.1, 0.15) is 10.4 Å². The fourth-order valence-corrected chi connectivity index (χ4v) is 6.16. The number of hydrogen-bond acceptors (Lipinski definition) is 16. The van der Waals surface area contributed by atoms with Crippen LogP contribution in [0.3, 0.4) is 0 Å². The summed E-state index contributed by atoms with van der Waals surface area (Å²) in [4.78, 5) is 61.9. The Kier molecular flexibility index (Phi) is 24.8. The Bertz CT molecular complexity index is 1220. The van der Waals surface area contributed by atoms with Gasteiger partial charge in [0.05, 0.1) is 28.9 Å². The SMILES string of the molecule is O=C([O-])CN1CCN(CC(O)CNS(=O)(=O)c2cccc(C(=O)[O-])c2)CCN(CC(=O)[O-])CCN(CP(=O)([O-])[O-])CC1.[Gd+3].[Na+].[Na+]. The van der Waals surface area contributed by atoms with Crippen molar-refractivity contribution < 1.29 is 157 Å². The molecule has 0 aliphatic carbocycles. The van der Waals surface area contributed by atoms with Crippen molar-refractivity contribution in [3.63, 3.8) is 0 Å². The first-order valence-corrected chi connectivity index (χ1v) is 16.0. The number of β-amino-alcohol motifs (C(OH)–C–C–N with tert-alkyl or cyclic N) is 1. The van der Waals surface area contributed by atoms with Crippen molar-refractivity contribution in [1.29, 1.82) is 0 Å². The van der Waals surface area contributed by atoms with Gasteiger partial charge in [-0.3, -0.25) is 19.6 Å². The summed E-state index contributed by atoms with van der Waals surface area (Å²) in [5.41, 5.74) is -0.349. The summed E-state index contributed by atoms with van der Waals surface area (Å²) in [7, 11) is -9.16. The standard InChI is InChI=1S/C23H38N5O12PS.Gd.2Na/c29-19(13-24-42(39,40)20-3-1-2-18(12-20)23(34)35)14-25-4-6-26(15-21(30)31)8-10-28(17-41(36,37)38)11-9-27(7-5-25)16-22(32)33;;;/h1-3,12,19,24,29H,4-11,13-17H2,(H,30,31)(H,32,33)(H,34,35)(H2,36,37,38);;;/q;+3;2*+1/p-5. The zero-order valence-corrected chi connectivity index (χ0v) is 33.0. The van der Waals surface area contributed by atoms with Gasteiger partial charge < -0.3 is 49.2 Å². The Labute approximate surface area is 338 Å². The fourth-order valence-electron chi connectivity index (χ4n) is 4.27. The molecule has 45 heavy (non-hydrogen) atoms. The summed E-state index contributed by atoms with van der Waals surface area (Å²) in [6.07, 6.45) is -2.10. The van der Waals surface area contributed by atoms with Crippen LogP contribution in [0, 0.1) is 39.9 Å². The van der Waals surface area contributed by atoms with Gasteiger partial charge in [0.2, 0.25) is 10.0 Å². The molecule has 22 heteroatoms. The van der Waals surface area contributed by atoms with Crippen molar-refractivity contribution in [1.82, 2.24) is 24.3 Å². The molecule has 17 nitrogen and oxygen atoms in total. The van der Waals surface area contributed by atoms with Crippen LogP contribution in [0.25, 0.3) is 0 Å². The topological polar surface area (TPSA) is 263 Å². The number of nitrogens with zero attached hydrogens (tertiary/aromatic N) is 4. The van der Waals surface area contributed by atoms with Gasteiger partial charge in [0.25, 0.3) is 0 Å². The zero-order chi connectivity index (χ0) is 31.5. The monoisotopic (exact) mass is 838 g/mol. The van der Waals surface area contributed by atoms with Gasteiger partial charge in [-0.15, -0.1) is 0 Å². The molecule has 2 rings (SSSR count). The molecule has 0 aromatic heterocycles. The predicted octanol–water partition coefficient (Wildman–Crippen LogP) is -13.7. The van der Waals surface area contributed by atoms with Gasteiger partial charge in [-0.1, -0.05) is 19.7 Å². The van der Waals surface area contributed by atoms with Crippen LogP contribution in [0.5, 0.6) is 0 Å². The molecule has 243 valence electrons. The summed E-state index contributed by atoms with van der Waals surface area (Å²) in [6, 6.07) is 4.47. The summed E-state index contributed by atoms with van der Waals surface area (Å²) < 4.78 is 38.8. The predicted molar refractivity (Wildman–Crippen MR) is 135 cm³/mol. The first kappa shape index (κ1) is 47.9. The number of aliphatic carboxylic acids is 2. The van der Waals surface area contributed by atoms with Crippen LogP contribution in [0.15, 0.2) is 29.2 Å². The normalized spacial score (nSPS) is 17.3. The Morgan fingerprint density at radius 2 is 1.29 bits per heavy atom. The number of sulfonamides is 1. The number of carboxylic acids is 3. The molecule has 1 unspecified atom stereocenters. The summed E-state index contributed by atoms with van der Waals surface area (Å²) in [6.45, 7) is -1.03. The van der Waals surface area contributed by atoms with Crippen LogP contribution < -0.4 is 88.9 Å². The Balaban J connectivity index is 0. The molecule has 1 heterocycles. The van der Waals surface area contributed by atoms with E-state index in [4.69, 9.17) is 0 Å². The molecule has 1 atom stereocenters. The number of carboxylic acid groups (broad SMARTS) is 3. The van der Waals surface area contributed by atoms with Crippen LogP contribution in [0.2, 0.25) is 0 Å².